The van der Waals surface area contributed by atoms with Crippen molar-refractivity contribution in [2.45, 2.75) is 19.4 Å². The second kappa shape index (κ2) is 7.35. The van der Waals surface area contributed by atoms with Gasteiger partial charge in [0.1, 0.15) is 6.04 Å². The molecule has 0 unspecified atom stereocenters. The Hall–Kier alpha value is -2.95. The summed E-state index contributed by atoms with van der Waals surface area (Å²) in [5, 5.41) is 11.5. The molecule has 23 heavy (non-hydrogen) atoms. The third-order valence-electron chi connectivity index (χ3n) is 3.34. The van der Waals surface area contributed by atoms with Crippen molar-refractivity contribution in [3.8, 4) is 0 Å². The lowest BCUT2D eigenvalue weighted by atomic mass is 9.98. The number of ketones is 1. The zero-order valence-corrected chi connectivity index (χ0v) is 12.7. The summed E-state index contributed by atoms with van der Waals surface area (Å²) in [5.74, 6) is -1.65. The maximum atomic E-state index is 12.4. The van der Waals surface area contributed by atoms with Crippen LogP contribution in [0.25, 0.3) is 0 Å². The molecule has 0 spiro atoms. The van der Waals surface area contributed by atoms with Gasteiger partial charge in [-0.25, -0.2) is 4.79 Å². The number of hydrogen-bond donors (Lipinski definition) is 2. The number of amides is 1. The van der Waals surface area contributed by atoms with Gasteiger partial charge >= 0.3 is 5.97 Å². The largest absolute Gasteiger partial charge is 0.480 e. The highest BCUT2D eigenvalue weighted by Crippen LogP contribution is 2.13. The van der Waals surface area contributed by atoms with E-state index in [1.165, 1.54) is 6.92 Å². The summed E-state index contributed by atoms with van der Waals surface area (Å²) in [6.45, 7) is 1.27. The molecular weight excluding hydrogens is 294 g/mol. The topological polar surface area (TPSA) is 83.5 Å². The van der Waals surface area contributed by atoms with Crippen molar-refractivity contribution in [2.24, 2.45) is 0 Å². The lowest BCUT2D eigenvalue weighted by molar-refractivity contribution is -0.141. The lowest BCUT2D eigenvalue weighted by Gasteiger charge is -2.13. The summed E-state index contributed by atoms with van der Waals surface area (Å²) in [6, 6.07) is 14.6. The molecule has 2 N–H and O–H groups in total. The Morgan fingerprint density at radius 3 is 2.26 bits per heavy atom. The number of nitrogens with one attached hydrogen (secondary N) is 1. The van der Waals surface area contributed by atoms with Crippen LogP contribution in [0.15, 0.2) is 54.6 Å². The van der Waals surface area contributed by atoms with Crippen LogP contribution in [0.4, 0.5) is 0 Å². The van der Waals surface area contributed by atoms with Crippen molar-refractivity contribution >= 4 is 17.7 Å². The second-order valence-electron chi connectivity index (χ2n) is 5.19. The van der Waals surface area contributed by atoms with Crippen molar-refractivity contribution in [2.75, 3.05) is 0 Å². The highest BCUT2D eigenvalue weighted by atomic mass is 16.4. The van der Waals surface area contributed by atoms with Crippen LogP contribution in [-0.4, -0.2) is 28.8 Å². The number of carboxylic acid groups (broad SMARTS) is 1. The van der Waals surface area contributed by atoms with E-state index in [-0.39, 0.29) is 12.2 Å². The molecular formula is C18H17NO4. The van der Waals surface area contributed by atoms with Gasteiger partial charge in [-0.1, -0.05) is 48.5 Å². The molecule has 0 fully saturated rings. The van der Waals surface area contributed by atoms with Crippen molar-refractivity contribution in [3.63, 3.8) is 0 Å². The average molecular weight is 311 g/mol. The van der Waals surface area contributed by atoms with Gasteiger partial charge in [0, 0.05) is 24.5 Å². The van der Waals surface area contributed by atoms with Gasteiger partial charge < -0.3 is 10.4 Å². The van der Waals surface area contributed by atoms with Crippen LogP contribution >= 0.6 is 0 Å². The van der Waals surface area contributed by atoms with E-state index in [0.29, 0.717) is 16.7 Å². The smallest absolute Gasteiger partial charge is 0.326 e. The molecule has 0 aliphatic rings. The fourth-order valence-electron chi connectivity index (χ4n) is 2.28. The molecule has 0 saturated heterocycles. The summed E-state index contributed by atoms with van der Waals surface area (Å²) >= 11 is 0. The third-order valence-corrected chi connectivity index (χ3v) is 3.34. The lowest BCUT2D eigenvalue weighted by Crippen LogP contribution is -2.41. The molecule has 118 valence electrons. The number of benzene rings is 2. The van der Waals surface area contributed by atoms with Gasteiger partial charge in [0.15, 0.2) is 5.78 Å². The minimum atomic E-state index is -1.11. The molecule has 2 aromatic carbocycles. The number of rotatable bonds is 6. The van der Waals surface area contributed by atoms with Crippen LogP contribution < -0.4 is 5.32 Å². The molecule has 2 aromatic rings. The van der Waals surface area contributed by atoms with Crippen molar-refractivity contribution < 1.29 is 19.5 Å². The van der Waals surface area contributed by atoms with Crippen molar-refractivity contribution in [1.82, 2.24) is 5.32 Å². The van der Waals surface area contributed by atoms with Gasteiger partial charge in [-0.3, -0.25) is 9.59 Å². The highest BCUT2D eigenvalue weighted by molar-refractivity contribution is 6.09. The number of carboxylic acids is 1. The second-order valence-corrected chi connectivity index (χ2v) is 5.19. The molecule has 0 aromatic heterocycles. The summed E-state index contributed by atoms with van der Waals surface area (Å²) in [6.07, 6.45) is 0.116. The zero-order valence-electron chi connectivity index (χ0n) is 12.7. The maximum Gasteiger partial charge on any atom is 0.326 e. The van der Waals surface area contributed by atoms with E-state index < -0.39 is 17.9 Å². The molecule has 0 saturated carbocycles. The number of aliphatic carboxylic acids is 1. The van der Waals surface area contributed by atoms with Gasteiger partial charge in [0.2, 0.25) is 5.91 Å². The molecule has 2 rings (SSSR count). The molecule has 0 radical (unpaired) electrons. The van der Waals surface area contributed by atoms with E-state index in [1.807, 2.05) is 6.07 Å². The fraction of sp³-hybridized carbons (Fsp3) is 0.167. The summed E-state index contributed by atoms with van der Waals surface area (Å²) in [4.78, 5) is 34.7. The predicted octanol–water partition coefficient (Wildman–Crippen LogP) is 2.05. The minimum Gasteiger partial charge on any atom is -0.480 e. The van der Waals surface area contributed by atoms with Gasteiger partial charge in [0.25, 0.3) is 0 Å². The average Bonchev–Trinajstić information content (AvgIpc) is 2.54. The standard InChI is InChI=1S/C18H17NO4/c1-12(20)19-16(18(22)23)11-13-6-5-9-15(10-13)17(21)14-7-3-2-4-8-14/h2-10,16H,11H2,1H3,(H,19,20)(H,22,23)/t16-/m1/s1. The van der Waals surface area contributed by atoms with E-state index in [9.17, 15) is 14.4 Å². The predicted molar refractivity (Wildman–Crippen MR) is 85.3 cm³/mol. The maximum absolute atomic E-state index is 12.4. The van der Waals surface area contributed by atoms with E-state index >= 15 is 0 Å². The van der Waals surface area contributed by atoms with Crippen LogP contribution in [0.1, 0.15) is 28.4 Å². The first-order valence-electron chi connectivity index (χ1n) is 7.16. The molecule has 0 bridgehead atoms. The van der Waals surface area contributed by atoms with E-state index in [4.69, 9.17) is 5.11 Å². The Balaban J connectivity index is 2.21. The normalized spacial score (nSPS) is 11.5. The quantitative estimate of drug-likeness (QED) is 0.800. The first-order chi connectivity index (χ1) is 11.0. The highest BCUT2D eigenvalue weighted by Gasteiger charge is 2.19. The van der Waals surface area contributed by atoms with Gasteiger partial charge in [-0.05, 0) is 11.6 Å². The SMILES string of the molecule is CC(=O)N[C@H](Cc1cccc(C(=O)c2ccccc2)c1)C(=O)O. The third kappa shape index (κ3) is 4.51. The Morgan fingerprint density at radius 2 is 1.65 bits per heavy atom. The van der Waals surface area contributed by atoms with Crippen LogP contribution in [0.5, 0.6) is 0 Å². The zero-order chi connectivity index (χ0) is 16.8. The van der Waals surface area contributed by atoms with Crippen LogP contribution in [-0.2, 0) is 16.0 Å². The first-order valence-corrected chi connectivity index (χ1v) is 7.16. The number of carbonyl (C=O) groups is 3. The molecule has 0 heterocycles. The minimum absolute atomic E-state index is 0.116. The summed E-state index contributed by atoms with van der Waals surface area (Å²) in [5.41, 5.74) is 1.73. The first kappa shape index (κ1) is 16.4. The van der Waals surface area contributed by atoms with E-state index in [2.05, 4.69) is 5.32 Å². The van der Waals surface area contributed by atoms with E-state index in [1.54, 1.807) is 48.5 Å². The van der Waals surface area contributed by atoms with Crippen molar-refractivity contribution in [1.29, 1.82) is 0 Å². The number of hydrogen-bond acceptors (Lipinski definition) is 3. The summed E-state index contributed by atoms with van der Waals surface area (Å²) < 4.78 is 0. The monoisotopic (exact) mass is 311 g/mol. The Bertz CT molecular complexity index is 725. The molecule has 1 amide bonds. The van der Waals surface area contributed by atoms with Crippen LogP contribution in [0.2, 0.25) is 0 Å². The summed E-state index contributed by atoms with van der Waals surface area (Å²) in [7, 11) is 0. The Labute approximate surface area is 134 Å². The number of carbonyl (C=O) groups excluding carboxylic acids is 2. The van der Waals surface area contributed by atoms with Gasteiger partial charge in [-0.2, -0.15) is 0 Å². The van der Waals surface area contributed by atoms with Crippen molar-refractivity contribution in [3.05, 3.63) is 71.3 Å². The van der Waals surface area contributed by atoms with E-state index in [0.717, 1.165) is 0 Å². The van der Waals surface area contributed by atoms with Gasteiger partial charge in [-0.15, -0.1) is 0 Å². The molecule has 0 aliphatic carbocycles. The molecule has 1 atom stereocenters. The molecule has 0 aliphatic heterocycles. The van der Waals surface area contributed by atoms with Crippen LogP contribution in [0.3, 0.4) is 0 Å². The fourth-order valence-corrected chi connectivity index (χ4v) is 2.28. The Kier molecular flexibility index (Phi) is 5.25. The van der Waals surface area contributed by atoms with Crippen LogP contribution in [0, 0.1) is 0 Å². The molecule has 5 heteroatoms. The Morgan fingerprint density at radius 1 is 1.00 bits per heavy atom. The molecule has 5 nitrogen and oxygen atoms in total. The van der Waals surface area contributed by atoms with Gasteiger partial charge in [0.05, 0.1) is 0 Å².